The van der Waals surface area contributed by atoms with Crippen molar-refractivity contribution in [1.82, 2.24) is 19.9 Å². The number of hydrogen-bond donors (Lipinski definition) is 0. The second-order valence-electron chi connectivity index (χ2n) is 11.1. The van der Waals surface area contributed by atoms with Crippen molar-refractivity contribution in [3.63, 3.8) is 0 Å². The van der Waals surface area contributed by atoms with Gasteiger partial charge in [-0.05, 0) is 86.4 Å². The summed E-state index contributed by atoms with van der Waals surface area (Å²) in [5, 5.41) is 24.9. The first-order chi connectivity index (χ1) is 23.6. The van der Waals surface area contributed by atoms with Gasteiger partial charge < -0.3 is 0 Å². The molecule has 0 aliphatic heterocycles. The first-order valence-electron chi connectivity index (χ1n) is 14.8. The maximum Gasteiger partial charge on any atom is 0.212 e. The highest BCUT2D eigenvalue weighted by molar-refractivity contribution is 6.31. The maximum atomic E-state index is 9.72. The van der Waals surface area contributed by atoms with Crippen molar-refractivity contribution < 1.29 is 0 Å². The van der Waals surface area contributed by atoms with Crippen LogP contribution < -0.4 is 0 Å². The molecule has 0 saturated heterocycles. The van der Waals surface area contributed by atoms with E-state index in [9.17, 15) is 10.5 Å². The zero-order valence-corrected chi connectivity index (χ0v) is 25.0. The molecule has 0 atom stereocenters. The van der Waals surface area contributed by atoms with Crippen LogP contribution in [0.2, 0.25) is 0 Å². The summed E-state index contributed by atoms with van der Waals surface area (Å²) in [4.78, 5) is 26.1. The highest BCUT2D eigenvalue weighted by Crippen LogP contribution is 2.48. The molecule has 0 spiro atoms. The number of benzene rings is 4. The van der Waals surface area contributed by atoms with Crippen LogP contribution in [0.1, 0.15) is 11.1 Å². The van der Waals surface area contributed by atoms with E-state index in [-0.39, 0.29) is 0 Å². The van der Waals surface area contributed by atoms with Gasteiger partial charge in [-0.3, -0.25) is 19.9 Å². The van der Waals surface area contributed by atoms with Gasteiger partial charge in [0.1, 0.15) is 0 Å². The van der Waals surface area contributed by atoms with Gasteiger partial charge in [-0.2, -0.15) is 10.5 Å². The molecule has 0 N–H and O–H groups in total. The minimum Gasteiger partial charge on any atom is -0.268 e. The lowest BCUT2D eigenvalue weighted by atomic mass is 9.83. The van der Waals surface area contributed by atoms with Crippen molar-refractivity contribution in [3.05, 3.63) is 144 Å². The van der Waals surface area contributed by atoms with E-state index in [4.69, 9.17) is 13.1 Å². The second-order valence-corrected chi connectivity index (χ2v) is 11.1. The minimum absolute atomic E-state index is 0.415. The summed E-state index contributed by atoms with van der Waals surface area (Å²) in [6.07, 6.45) is 6.56. The van der Waals surface area contributed by atoms with E-state index in [0.717, 1.165) is 54.6 Å². The Balaban J connectivity index is 1.60. The SMILES string of the molecule is [C-]#[N+]c1ccnc(-c2cc(-c3ncccc3[N+]#[C-])c3ccc4c(-c5cc(C#N)ccn5)cc(-c5cc(C#N)ccn5)c5ccc2c3c54)c1. The number of rotatable bonds is 4. The number of pyridine rings is 4. The Morgan fingerprint density at radius 2 is 1.00 bits per heavy atom. The van der Waals surface area contributed by atoms with Crippen LogP contribution in [-0.4, -0.2) is 19.9 Å². The van der Waals surface area contributed by atoms with Gasteiger partial charge in [0.05, 0.1) is 59.2 Å². The molecule has 0 unspecified atom stereocenters. The molecule has 8 aromatic rings. The van der Waals surface area contributed by atoms with Crippen molar-refractivity contribution in [3.8, 4) is 57.2 Å². The Morgan fingerprint density at radius 3 is 1.52 bits per heavy atom. The van der Waals surface area contributed by atoms with Crippen LogP contribution in [0, 0.1) is 35.8 Å². The van der Waals surface area contributed by atoms with Gasteiger partial charge in [0.15, 0.2) is 5.69 Å². The summed E-state index contributed by atoms with van der Waals surface area (Å²) in [5.74, 6) is 0. The van der Waals surface area contributed by atoms with Crippen LogP contribution in [0.25, 0.3) is 87.0 Å². The highest BCUT2D eigenvalue weighted by atomic mass is 14.8. The predicted molar refractivity (Wildman–Crippen MR) is 185 cm³/mol. The van der Waals surface area contributed by atoms with E-state index in [0.29, 0.717) is 45.3 Å². The van der Waals surface area contributed by atoms with Crippen LogP contribution in [0.3, 0.4) is 0 Å². The first-order valence-corrected chi connectivity index (χ1v) is 14.8. The normalized spacial score (nSPS) is 10.8. The molecule has 8 rings (SSSR count). The minimum atomic E-state index is 0.415. The van der Waals surface area contributed by atoms with Crippen molar-refractivity contribution in [2.45, 2.75) is 0 Å². The zero-order chi connectivity index (χ0) is 32.8. The molecule has 0 amide bonds. The molecule has 0 aliphatic carbocycles. The van der Waals surface area contributed by atoms with E-state index >= 15 is 0 Å². The Morgan fingerprint density at radius 1 is 0.500 bits per heavy atom. The third-order valence-corrected chi connectivity index (χ3v) is 8.54. The van der Waals surface area contributed by atoms with E-state index in [1.807, 2.05) is 24.3 Å². The van der Waals surface area contributed by atoms with Gasteiger partial charge in [0.2, 0.25) is 5.69 Å². The standard InChI is InChI=1S/C40H18N8/c1-43-25-11-15-47-37(18-25)32-20-33(40-34(44-2)4-3-12-48-40)29-8-7-27-31(36-17-24(22-42)10-14-46-36)19-30(35-16-23(21-41)9-13-45-35)26-5-6-28(32)39(29)38(26)27/h3-20H. The average molecular weight is 611 g/mol. The van der Waals surface area contributed by atoms with E-state index in [1.165, 1.54) is 0 Å². The fraction of sp³-hybridized carbons (Fsp3) is 0. The molecule has 0 fully saturated rings. The molecule has 4 aromatic heterocycles. The maximum absolute atomic E-state index is 9.72. The van der Waals surface area contributed by atoms with Gasteiger partial charge >= 0.3 is 0 Å². The van der Waals surface area contributed by atoms with Crippen LogP contribution in [-0.2, 0) is 0 Å². The topological polar surface area (TPSA) is 108 Å². The number of nitrogens with zero attached hydrogens (tertiary/aromatic N) is 8. The molecule has 0 saturated carbocycles. The Kier molecular flexibility index (Phi) is 6.49. The lowest BCUT2D eigenvalue weighted by molar-refractivity contribution is 1.30. The Bertz CT molecular complexity index is 2710. The van der Waals surface area contributed by atoms with Gasteiger partial charge in [0, 0.05) is 41.5 Å². The van der Waals surface area contributed by atoms with Crippen LogP contribution in [0.5, 0.6) is 0 Å². The fourth-order valence-electron chi connectivity index (χ4n) is 6.45. The molecular weight excluding hydrogens is 592 g/mol. The average Bonchev–Trinajstić information content (AvgIpc) is 3.16. The van der Waals surface area contributed by atoms with Crippen molar-refractivity contribution in [2.24, 2.45) is 0 Å². The lowest BCUT2D eigenvalue weighted by Gasteiger charge is -2.21. The molecule has 48 heavy (non-hydrogen) atoms. The fourth-order valence-corrected chi connectivity index (χ4v) is 6.45. The molecule has 8 heteroatoms. The van der Waals surface area contributed by atoms with Gasteiger partial charge in [0.25, 0.3) is 0 Å². The van der Waals surface area contributed by atoms with Gasteiger partial charge in [-0.1, -0.05) is 36.4 Å². The van der Waals surface area contributed by atoms with Gasteiger partial charge in [-0.15, -0.1) is 0 Å². The molecule has 218 valence electrons. The number of hydrogen-bond acceptors (Lipinski definition) is 6. The summed E-state index contributed by atoms with van der Waals surface area (Å²) in [6, 6.07) is 30.5. The summed E-state index contributed by atoms with van der Waals surface area (Å²) < 4.78 is 0. The van der Waals surface area contributed by atoms with Crippen LogP contribution in [0.15, 0.2) is 110 Å². The smallest absolute Gasteiger partial charge is 0.212 e. The largest absolute Gasteiger partial charge is 0.268 e. The third kappa shape index (κ3) is 4.35. The van der Waals surface area contributed by atoms with Crippen molar-refractivity contribution in [1.29, 1.82) is 10.5 Å². The molecule has 0 radical (unpaired) electrons. The van der Waals surface area contributed by atoms with E-state index < -0.39 is 0 Å². The predicted octanol–water partition coefficient (Wildman–Crippen LogP) is 9.68. The first kappa shape index (κ1) is 28.0. The monoisotopic (exact) mass is 610 g/mol. The van der Waals surface area contributed by atoms with E-state index in [2.05, 4.69) is 53.9 Å². The molecular formula is C40H18N8. The molecule has 0 bridgehead atoms. The summed E-state index contributed by atoms with van der Waals surface area (Å²) >= 11 is 0. The number of aromatic nitrogens is 4. The lowest BCUT2D eigenvalue weighted by Crippen LogP contribution is -1.97. The van der Waals surface area contributed by atoms with Gasteiger partial charge in [-0.25, -0.2) is 9.69 Å². The van der Waals surface area contributed by atoms with Crippen LogP contribution >= 0.6 is 0 Å². The van der Waals surface area contributed by atoms with E-state index in [1.54, 1.807) is 73.3 Å². The molecule has 4 heterocycles. The molecule has 8 nitrogen and oxygen atoms in total. The van der Waals surface area contributed by atoms with Crippen molar-refractivity contribution in [2.75, 3.05) is 0 Å². The highest BCUT2D eigenvalue weighted by Gasteiger charge is 2.23. The molecule has 4 aromatic carbocycles. The third-order valence-electron chi connectivity index (χ3n) is 8.54. The Labute approximate surface area is 274 Å². The van der Waals surface area contributed by atoms with Crippen molar-refractivity contribution >= 4 is 43.7 Å². The van der Waals surface area contributed by atoms with Crippen LogP contribution in [0.4, 0.5) is 11.4 Å². The Hall–Kier alpha value is -7.52. The summed E-state index contributed by atoms with van der Waals surface area (Å²) in [7, 11) is 0. The molecule has 0 aliphatic rings. The quantitative estimate of drug-likeness (QED) is 0.145. The second kappa shape index (κ2) is 11.1. The zero-order valence-electron chi connectivity index (χ0n) is 25.0. The number of nitriles is 2. The summed E-state index contributed by atoms with van der Waals surface area (Å²) in [6.45, 7) is 15.5. The summed E-state index contributed by atoms with van der Waals surface area (Å²) in [5.41, 5.74) is 7.39.